The van der Waals surface area contributed by atoms with Crippen molar-refractivity contribution in [3.8, 4) is 0 Å². The Kier molecular flexibility index (Phi) is 5.73. The summed E-state index contributed by atoms with van der Waals surface area (Å²) in [6.45, 7) is 6.48. The first-order chi connectivity index (χ1) is 14.7. The van der Waals surface area contributed by atoms with Crippen LogP contribution in [-0.4, -0.2) is 54.1 Å². The molecule has 0 radical (unpaired) electrons. The molecule has 2 amide bonds. The molecule has 2 aromatic rings. The number of hydrogen-bond acceptors (Lipinski definition) is 5. The van der Waals surface area contributed by atoms with Crippen LogP contribution in [0.4, 0.5) is 17.1 Å². The topological polar surface area (TPSA) is 84.9 Å². The summed E-state index contributed by atoms with van der Waals surface area (Å²) in [4.78, 5) is 29.2. The summed E-state index contributed by atoms with van der Waals surface area (Å²) in [6.07, 6.45) is 1.24. The molecule has 0 fully saturated rings. The smallest absolute Gasteiger partial charge is 0.255 e. The zero-order valence-corrected chi connectivity index (χ0v) is 18.4. The van der Waals surface area contributed by atoms with Gasteiger partial charge in [-0.2, -0.15) is 0 Å². The minimum absolute atomic E-state index is 0.0455. The highest BCUT2D eigenvalue weighted by Crippen LogP contribution is 2.30. The van der Waals surface area contributed by atoms with Gasteiger partial charge in [0.15, 0.2) is 0 Å². The summed E-state index contributed by atoms with van der Waals surface area (Å²) in [6, 6.07) is 11.4. The van der Waals surface area contributed by atoms with Gasteiger partial charge >= 0.3 is 0 Å². The number of anilines is 3. The maximum absolute atomic E-state index is 13.0. The van der Waals surface area contributed by atoms with Crippen LogP contribution in [-0.2, 0) is 17.8 Å². The van der Waals surface area contributed by atoms with Crippen LogP contribution in [0.5, 0.6) is 0 Å². The Morgan fingerprint density at radius 1 is 1.19 bits per heavy atom. The highest BCUT2D eigenvalue weighted by Gasteiger charge is 2.24. The van der Waals surface area contributed by atoms with Crippen molar-refractivity contribution in [1.29, 1.82) is 0 Å². The molecule has 2 aliphatic rings. The van der Waals surface area contributed by atoms with Crippen LogP contribution < -0.4 is 15.5 Å². The van der Waals surface area contributed by atoms with Crippen molar-refractivity contribution in [2.45, 2.75) is 38.8 Å². The van der Waals surface area contributed by atoms with Gasteiger partial charge in [0.2, 0.25) is 5.91 Å². The van der Waals surface area contributed by atoms with E-state index in [1.54, 1.807) is 12.1 Å². The Morgan fingerprint density at radius 2 is 2.00 bits per heavy atom. The van der Waals surface area contributed by atoms with Crippen molar-refractivity contribution >= 4 is 28.9 Å². The van der Waals surface area contributed by atoms with Gasteiger partial charge in [-0.05, 0) is 55.7 Å². The summed E-state index contributed by atoms with van der Waals surface area (Å²) < 4.78 is 0. The summed E-state index contributed by atoms with van der Waals surface area (Å²) in [5, 5.41) is 16.1. The molecule has 3 N–H and O–H groups in total. The number of β-amino-alcohol motifs (C(OH)–C–C–N with tert-alkyl or cyclic N) is 1. The van der Waals surface area contributed by atoms with E-state index in [4.69, 9.17) is 0 Å². The van der Waals surface area contributed by atoms with E-state index in [1.165, 1.54) is 5.56 Å². The first-order valence-electron chi connectivity index (χ1n) is 10.7. The van der Waals surface area contributed by atoms with Gasteiger partial charge in [0.05, 0.1) is 17.0 Å². The molecule has 7 heteroatoms. The molecule has 0 unspecified atom stereocenters. The van der Waals surface area contributed by atoms with E-state index in [-0.39, 0.29) is 11.8 Å². The van der Waals surface area contributed by atoms with Gasteiger partial charge in [0.1, 0.15) is 0 Å². The molecule has 2 aliphatic heterocycles. The molecular formula is C24H30N4O3. The lowest BCUT2D eigenvalue weighted by Gasteiger charge is -2.33. The number of fused-ring (bicyclic) bond motifs is 2. The van der Waals surface area contributed by atoms with Crippen LogP contribution in [0.2, 0.25) is 0 Å². The molecule has 0 bridgehead atoms. The molecule has 164 valence electrons. The van der Waals surface area contributed by atoms with Crippen LogP contribution in [0.15, 0.2) is 36.4 Å². The molecular weight excluding hydrogens is 392 g/mol. The van der Waals surface area contributed by atoms with Crippen molar-refractivity contribution in [3.05, 3.63) is 53.1 Å². The van der Waals surface area contributed by atoms with Crippen LogP contribution in [0.3, 0.4) is 0 Å². The predicted octanol–water partition coefficient (Wildman–Crippen LogP) is 2.85. The van der Waals surface area contributed by atoms with Gasteiger partial charge < -0.3 is 20.6 Å². The zero-order valence-electron chi connectivity index (χ0n) is 18.4. The predicted molar refractivity (Wildman–Crippen MR) is 123 cm³/mol. The number of carbonyl (C=O) groups excluding carboxylic acids is 2. The van der Waals surface area contributed by atoms with Gasteiger partial charge in [-0.3, -0.25) is 14.5 Å². The fourth-order valence-electron chi connectivity index (χ4n) is 4.37. The number of nitrogens with zero attached hydrogens (tertiary/aromatic N) is 2. The standard InChI is InChI=1S/C24H30N4O3/c1-24(2,31)15-28-12-9-18-17(14-28)5-4-6-19(18)26-23(30)16-7-8-21-20(13-16)25-22(29)10-11-27(21)3/h4-8,13,31H,9-12,14-15H2,1-3H3,(H,25,29)(H,26,30). The van der Waals surface area contributed by atoms with E-state index in [0.29, 0.717) is 30.8 Å². The van der Waals surface area contributed by atoms with Crippen molar-refractivity contribution < 1.29 is 14.7 Å². The SMILES string of the molecule is CN1CCC(=O)Nc2cc(C(=O)Nc3cccc4c3CCN(CC(C)(C)O)C4)ccc21. The maximum Gasteiger partial charge on any atom is 0.255 e. The molecule has 7 nitrogen and oxygen atoms in total. The van der Waals surface area contributed by atoms with E-state index in [2.05, 4.69) is 21.6 Å². The van der Waals surface area contributed by atoms with E-state index in [1.807, 2.05) is 44.0 Å². The van der Waals surface area contributed by atoms with Crippen molar-refractivity contribution in [2.24, 2.45) is 0 Å². The average Bonchev–Trinajstić information content (AvgIpc) is 2.84. The van der Waals surface area contributed by atoms with Crippen LogP contribution >= 0.6 is 0 Å². The van der Waals surface area contributed by atoms with Gasteiger partial charge in [0, 0.05) is 50.9 Å². The first kappa shape index (κ1) is 21.3. The largest absolute Gasteiger partial charge is 0.389 e. The minimum atomic E-state index is -0.738. The Morgan fingerprint density at radius 3 is 2.77 bits per heavy atom. The lowest BCUT2D eigenvalue weighted by atomic mass is 9.96. The van der Waals surface area contributed by atoms with Gasteiger partial charge in [-0.25, -0.2) is 0 Å². The monoisotopic (exact) mass is 422 g/mol. The number of nitrogens with one attached hydrogen (secondary N) is 2. The number of hydrogen-bond donors (Lipinski definition) is 3. The molecule has 0 aliphatic carbocycles. The fraction of sp³-hybridized carbons (Fsp3) is 0.417. The van der Waals surface area contributed by atoms with E-state index in [0.717, 1.165) is 36.4 Å². The van der Waals surface area contributed by atoms with Gasteiger partial charge in [0.25, 0.3) is 5.91 Å². The van der Waals surface area contributed by atoms with Crippen LogP contribution in [0.25, 0.3) is 0 Å². The molecule has 0 saturated carbocycles. The summed E-state index contributed by atoms with van der Waals surface area (Å²) >= 11 is 0. The molecule has 0 aromatic heterocycles. The fourth-order valence-corrected chi connectivity index (χ4v) is 4.37. The Bertz CT molecular complexity index is 1010. The molecule has 0 saturated heterocycles. The third-order valence-corrected chi connectivity index (χ3v) is 5.82. The third-order valence-electron chi connectivity index (χ3n) is 5.82. The normalized spacial score (nSPS) is 16.8. The second-order valence-electron chi connectivity index (χ2n) is 9.12. The molecule has 2 heterocycles. The highest BCUT2D eigenvalue weighted by molar-refractivity contribution is 6.07. The summed E-state index contributed by atoms with van der Waals surface area (Å²) in [5.74, 6) is -0.243. The molecule has 0 atom stereocenters. The van der Waals surface area contributed by atoms with E-state index in [9.17, 15) is 14.7 Å². The molecule has 2 aromatic carbocycles. The second kappa shape index (κ2) is 8.32. The summed E-state index contributed by atoms with van der Waals surface area (Å²) in [5.41, 5.74) is 4.47. The number of aliphatic hydroxyl groups is 1. The Balaban J connectivity index is 1.53. The summed E-state index contributed by atoms with van der Waals surface area (Å²) in [7, 11) is 1.94. The Hall–Kier alpha value is -2.90. The minimum Gasteiger partial charge on any atom is -0.389 e. The van der Waals surface area contributed by atoms with Gasteiger partial charge in [-0.15, -0.1) is 0 Å². The number of amides is 2. The average molecular weight is 423 g/mol. The highest BCUT2D eigenvalue weighted by atomic mass is 16.3. The maximum atomic E-state index is 13.0. The van der Waals surface area contributed by atoms with Crippen LogP contribution in [0, 0.1) is 0 Å². The lowest BCUT2D eigenvalue weighted by molar-refractivity contribution is -0.115. The first-order valence-corrected chi connectivity index (χ1v) is 10.7. The van der Waals surface area contributed by atoms with E-state index >= 15 is 0 Å². The third kappa shape index (κ3) is 4.89. The quantitative estimate of drug-likeness (QED) is 0.706. The van der Waals surface area contributed by atoms with Crippen LogP contribution in [0.1, 0.15) is 41.8 Å². The van der Waals surface area contributed by atoms with Crippen molar-refractivity contribution in [1.82, 2.24) is 4.90 Å². The molecule has 31 heavy (non-hydrogen) atoms. The number of benzene rings is 2. The van der Waals surface area contributed by atoms with Crippen molar-refractivity contribution in [2.75, 3.05) is 42.2 Å². The lowest BCUT2D eigenvalue weighted by Crippen LogP contribution is -2.41. The number of rotatable bonds is 4. The zero-order chi connectivity index (χ0) is 22.2. The Labute approximate surface area is 183 Å². The van der Waals surface area contributed by atoms with E-state index < -0.39 is 5.60 Å². The number of carbonyl (C=O) groups is 2. The molecule has 0 spiro atoms. The molecule has 4 rings (SSSR count). The second-order valence-corrected chi connectivity index (χ2v) is 9.12. The van der Waals surface area contributed by atoms with Crippen molar-refractivity contribution in [3.63, 3.8) is 0 Å². The van der Waals surface area contributed by atoms with Gasteiger partial charge in [-0.1, -0.05) is 12.1 Å².